The van der Waals surface area contributed by atoms with Gasteiger partial charge >= 0.3 is 0 Å². The molecule has 0 saturated carbocycles. The molecule has 2 heterocycles. The Hall–Kier alpha value is -3.01. The maximum Gasteiger partial charge on any atom is 0.266 e. The number of hydrogen-bond donors (Lipinski definition) is 2. The second kappa shape index (κ2) is 9.69. The quantitative estimate of drug-likeness (QED) is 0.417. The number of fused-ring (bicyclic) bond motifs is 1. The molecule has 1 aliphatic heterocycles. The molecular weight excluding hydrogens is 467 g/mol. The van der Waals surface area contributed by atoms with Crippen LogP contribution in [0.1, 0.15) is 43.4 Å². The van der Waals surface area contributed by atoms with Crippen LogP contribution >= 0.6 is 0 Å². The maximum absolute atomic E-state index is 14.7. The van der Waals surface area contributed by atoms with E-state index >= 15 is 0 Å². The Balaban J connectivity index is 1.65. The van der Waals surface area contributed by atoms with E-state index in [4.69, 9.17) is 14.3 Å². The van der Waals surface area contributed by atoms with Crippen molar-refractivity contribution < 1.29 is 26.9 Å². The Bertz CT molecular complexity index is 1290. The van der Waals surface area contributed by atoms with Crippen molar-refractivity contribution in [2.24, 2.45) is 0 Å². The molecule has 0 radical (unpaired) electrons. The minimum atomic E-state index is -2.90. The molecule has 2 N–H and O–H groups in total. The van der Waals surface area contributed by atoms with E-state index in [0.717, 1.165) is 6.07 Å². The van der Waals surface area contributed by atoms with E-state index < -0.39 is 33.6 Å². The summed E-state index contributed by atoms with van der Waals surface area (Å²) in [6.45, 7) is 1.70. The van der Waals surface area contributed by atoms with Crippen molar-refractivity contribution in [3.05, 3.63) is 59.5 Å². The molecule has 1 fully saturated rings. The lowest BCUT2D eigenvalue weighted by Gasteiger charge is -2.26. The Morgan fingerprint density at radius 3 is 2.53 bits per heavy atom. The van der Waals surface area contributed by atoms with E-state index in [1.807, 2.05) is 0 Å². The first-order valence-corrected chi connectivity index (χ1v) is 12.8. The minimum Gasteiger partial charge on any atom is -0.493 e. The summed E-state index contributed by atoms with van der Waals surface area (Å²) in [6, 6.07) is 8.60. The number of nitrogens with zero attached hydrogens (tertiary/aromatic N) is 1. The number of aromatic nitrogens is 1. The van der Waals surface area contributed by atoms with E-state index in [0.29, 0.717) is 52.4 Å². The van der Waals surface area contributed by atoms with Crippen molar-refractivity contribution in [2.75, 3.05) is 23.9 Å². The highest BCUT2D eigenvalue weighted by molar-refractivity contribution is 7.92. The molecule has 2 aromatic carbocycles. The molecular formula is C24H26F3N3O3S. The number of halogens is 3. The number of hydrogen-bond acceptors (Lipinski definition) is 6. The number of pyridine rings is 1. The molecule has 10 heteroatoms. The van der Waals surface area contributed by atoms with Crippen molar-refractivity contribution in [3.8, 4) is 11.5 Å². The van der Waals surface area contributed by atoms with Crippen LogP contribution in [-0.2, 0) is 9.73 Å². The molecule has 3 aromatic rings. The first kappa shape index (κ1) is 24.1. The molecule has 0 amide bonds. The van der Waals surface area contributed by atoms with Gasteiger partial charge in [0.25, 0.3) is 6.43 Å². The molecule has 1 aromatic heterocycles. The Morgan fingerprint density at radius 1 is 1.15 bits per heavy atom. The van der Waals surface area contributed by atoms with Crippen molar-refractivity contribution in [1.29, 1.82) is 4.78 Å². The average Bonchev–Trinajstić information content (AvgIpc) is 2.80. The molecule has 4 rings (SSSR count). The number of ether oxygens (including phenoxy) is 2. The van der Waals surface area contributed by atoms with Gasteiger partial charge in [-0.3, -0.25) is 9.76 Å². The molecule has 1 aliphatic rings. The zero-order chi connectivity index (χ0) is 24.5. The predicted molar refractivity (Wildman–Crippen MR) is 126 cm³/mol. The fourth-order valence-corrected chi connectivity index (χ4v) is 5.59. The topological polar surface area (TPSA) is 84.3 Å². The molecule has 182 valence electrons. The molecule has 1 saturated heterocycles. The molecule has 34 heavy (non-hydrogen) atoms. The van der Waals surface area contributed by atoms with Gasteiger partial charge in [-0.1, -0.05) is 18.2 Å². The third kappa shape index (κ3) is 5.06. The van der Waals surface area contributed by atoms with Crippen molar-refractivity contribution in [3.63, 3.8) is 0 Å². The molecule has 0 unspecified atom stereocenters. The highest BCUT2D eigenvalue weighted by Gasteiger charge is 2.24. The summed E-state index contributed by atoms with van der Waals surface area (Å²) in [5.41, 5.74) is 0.745. The zero-order valence-electron chi connectivity index (χ0n) is 18.8. The second-order valence-corrected chi connectivity index (χ2v) is 10.8. The van der Waals surface area contributed by atoms with Crippen LogP contribution in [0.2, 0.25) is 0 Å². The van der Waals surface area contributed by atoms with Crippen LogP contribution in [0.15, 0.2) is 42.6 Å². The van der Waals surface area contributed by atoms with Crippen LogP contribution in [0.3, 0.4) is 0 Å². The van der Waals surface area contributed by atoms with E-state index in [1.54, 1.807) is 31.3 Å². The standard InChI is InChI=1S/C24H26F3N3O3S/c1-14(16-4-3-5-17(23(16)25)24(26)27)30-19-6-9-29-20-13-21(32-2)22(12-18(19)20)33-15-7-10-34(28,31)11-8-15/h3-6,9,12-15,24,28H,7-8,10-11H2,1-2H3,(H,29,30)/t14-,15?,34?/m1/s1. The smallest absolute Gasteiger partial charge is 0.266 e. The van der Waals surface area contributed by atoms with Gasteiger partial charge in [0.1, 0.15) is 11.9 Å². The van der Waals surface area contributed by atoms with Gasteiger partial charge in [-0.2, -0.15) is 0 Å². The van der Waals surface area contributed by atoms with Crippen LogP contribution in [0.5, 0.6) is 11.5 Å². The van der Waals surface area contributed by atoms with Gasteiger partial charge in [-0.15, -0.1) is 0 Å². The number of anilines is 1. The van der Waals surface area contributed by atoms with Gasteiger partial charge in [0.2, 0.25) is 0 Å². The lowest BCUT2D eigenvalue weighted by atomic mass is 10.0. The summed E-state index contributed by atoms with van der Waals surface area (Å²) in [5.74, 6) is 0.626. The average molecular weight is 494 g/mol. The lowest BCUT2D eigenvalue weighted by molar-refractivity contribution is 0.146. The number of nitrogens with one attached hydrogen (secondary N) is 2. The summed E-state index contributed by atoms with van der Waals surface area (Å²) in [7, 11) is -1.00. The third-order valence-electron chi connectivity index (χ3n) is 5.99. The van der Waals surface area contributed by atoms with Gasteiger partial charge in [-0.05, 0) is 31.9 Å². The highest BCUT2D eigenvalue weighted by Crippen LogP contribution is 2.37. The van der Waals surface area contributed by atoms with Gasteiger partial charge in [0.05, 0.1) is 24.2 Å². The van der Waals surface area contributed by atoms with Crippen molar-refractivity contribution >= 4 is 26.3 Å². The number of benzene rings is 2. The van der Waals surface area contributed by atoms with Crippen molar-refractivity contribution in [2.45, 2.75) is 38.3 Å². The van der Waals surface area contributed by atoms with E-state index in [2.05, 4.69) is 10.3 Å². The summed E-state index contributed by atoms with van der Waals surface area (Å²) in [5, 5.41) is 3.89. The van der Waals surface area contributed by atoms with E-state index in [9.17, 15) is 17.4 Å². The normalized spacial score (nSPS) is 21.4. The maximum atomic E-state index is 14.7. The van der Waals surface area contributed by atoms with Crippen LogP contribution in [0.25, 0.3) is 10.9 Å². The largest absolute Gasteiger partial charge is 0.493 e. The zero-order valence-corrected chi connectivity index (χ0v) is 19.6. The van der Waals surface area contributed by atoms with Gasteiger partial charge < -0.3 is 14.8 Å². The summed E-state index contributed by atoms with van der Waals surface area (Å²) < 4.78 is 72.3. The van der Waals surface area contributed by atoms with Gasteiger partial charge in [-0.25, -0.2) is 17.4 Å². The van der Waals surface area contributed by atoms with Crippen LogP contribution < -0.4 is 14.8 Å². The molecule has 6 nitrogen and oxygen atoms in total. The van der Waals surface area contributed by atoms with Crippen LogP contribution in [0.4, 0.5) is 18.9 Å². The summed E-state index contributed by atoms with van der Waals surface area (Å²) in [4.78, 5) is 4.38. The summed E-state index contributed by atoms with van der Waals surface area (Å²) >= 11 is 0. The van der Waals surface area contributed by atoms with E-state index in [-0.39, 0.29) is 11.7 Å². The molecule has 0 bridgehead atoms. The van der Waals surface area contributed by atoms with Crippen LogP contribution in [-0.4, -0.2) is 33.9 Å². The third-order valence-corrected chi connectivity index (χ3v) is 7.78. The Kier molecular flexibility index (Phi) is 6.88. The fourth-order valence-electron chi connectivity index (χ4n) is 4.10. The lowest BCUT2D eigenvalue weighted by Crippen LogP contribution is -2.30. The molecule has 1 atom stereocenters. The predicted octanol–water partition coefficient (Wildman–Crippen LogP) is 6.08. The first-order valence-electron chi connectivity index (χ1n) is 10.9. The highest BCUT2D eigenvalue weighted by atomic mass is 32.2. The Labute approximate surface area is 196 Å². The minimum absolute atomic E-state index is 0.133. The number of methoxy groups -OCH3 is 1. The summed E-state index contributed by atoms with van der Waals surface area (Å²) in [6.07, 6.45) is -0.472. The molecule has 0 spiro atoms. The fraction of sp³-hybridized carbons (Fsp3) is 0.375. The van der Waals surface area contributed by atoms with E-state index in [1.165, 1.54) is 19.2 Å². The molecule has 0 aliphatic carbocycles. The SMILES string of the molecule is COc1cc2nccc(N[C@H](C)c3cccc(C(F)F)c3F)c2cc1OC1CCS(=N)(=O)CC1. The Morgan fingerprint density at radius 2 is 1.85 bits per heavy atom. The number of rotatable bonds is 7. The number of alkyl halides is 2. The first-order chi connectivity index (χ1) is 16.2. The monoisotopic (exact) mass is 493 g/mol. The van der Waals surface area contributed by atoms with Gasteiger partial charge in [0, 0.05) is 50.1 Å². The van der Waals surface area contributed by atoms with Crippen LogP contribution in [0, 0.1) is 10.6 Å². The van der Waals surface area contributed by atoms with Crippen molar-refractivity contribution in [1.82, 2.24) is 4.98 Å². The van der Waals surface area contributed by atoms with Gasteiger partial charge in [0.15, 0.2) is 11.5 Å². The second-order valence-electron chi connectivity index (χ2n) is 8.33.